The van der Waals surface area contributed by atoms with Gasteiger partial charge in [-0.2, -0.15) is 0 Å². The number of hydrogen-bond acceptors (Lipinski definition) is 3. The Balaban J connectivity index is 1.17. The lowest BCUT2D eigenvalue weighted by Crippen LogP contribution is -2.12. The van der Waals surface area contributed by atoms with Crippen molar-refractivity contribution >= 4 is 6.71 Å². The molecule has 0 atom stereocenters. The number of unbranched alkanes of at least 4 members (excludes halogenated alkanes) is 15. The lowest BCUT2D eigenvalue weighted by atomic mass is 9.41. The summed E-state index contributed by atoms with van der Waals surface area (Å²) in [6.45, 7) is 5.84. The summed E-state index contributed by atoms with van der Waals surface area (Å²) in [6, 6.07) is 31.6. The quantitative estimate of drug-likeness (QED) is 0.0477. The molecule has 0 aliphatic rings. The molecule has 0 aliphatic heterocycles. The van der Waals surface area contributed by atoms with Gasteiger partial charge in [0.25, 0.3) is 0 Å². The highest BCUT2D eigenvalue weighted by Crippen LogP contribution is 2.21. The lowest BCUT2D eigenvalue weighted by molar-refractivity contribution is 0.116. The van der Waals surface area contributed by atoms with Crippen LogP contribution in [-0.4, -0.2) is 26.5 Å². The topological polar surface area (TPSA) is 27.7 Å². The molecule has 0 bridgehead atoms. The van der Waals surface area contributed by atoms with Crippen LogP contribution >= 0.6 is 0 Å². The number of rotatable bonds is 33. The maximum Gasteiger partial charge on any atom is 0.139 e. The first-order chi connectivity index (χ1) is 24.4. The molecule has 49 heavy (non-hydrogen) atoms. The molecule has 0 unspecified atom stereocenters. The maximum atomic E-state index is 5.87. The van der Waals surface area contributed by atoms with Crippen molar-refractivity contribution in [1.82, 2.24) is 0 Å². The van der Waals surface area contributed by atoms with Crippen molar-refractivity contribution < 1.29 is 14.2 Å². The summed E-state index contributed by atoms with van der Waals surface area (Å²) < 4.78 is 17.6. The van der Waals surface area contributed by atoms with Gasteiger partial charge in [-0.1, -0.05) is 206 Å². The standard InChI is InChI=1S/C45H69BO3/c1(4-10-25-37-47-40-43-28-16-13-17-29-43)7-22-34-46(35-23-8-2-5-11-26-38-48-41-44-30-18-14-19-31-44)36-24-9-3-6-12-27-39-49-42-45-32-20-15-21-33-45/h13-21,28-33H,1-12,22-27,34-42H2. The summed E-state index contributed by atoms with van der Waals surface area (Å²) in [5.74, 6) is 0. The predicted octanol–water partition coefficient (Wildman–Crippen LogP) is 13.2. The first-order valence-corrected chi connectivity index (χ1v) is 20.2. The molecular weight excluding hydrogens is 599 g/mol. The molecule has 3 aromatic carbocycles. The number of ether oxygens (including phenoxy) is 3. The highest BCUT2D eigenvalue weighted by Gasteiger charge is 2.13. The Kier molecular flexibility index (Phi) is 25.5. The Morgan fingerprint density at radius 3 is 0.816 bits per heavy atom. The fourth-order valence-electron chi connectivity index (χ4n) is 6.76. The van der Waals surface area contributed by atoms with Gasteiger partial charge in [-0.15, -0.1) is 0 Å². The van der Waals surface area contributed by atoms with Gasteiger partial charge in [0.2, 0.25) is 0 Å². The molecule has 270 valence electrons. The van der Waals surface area contributed by atoms with E-state index in [1.54, 1.807) is 0 Å². The number of hydrogen-bond donors (Lipinski definition) is 0. The van der Waals surface area contributed by atoms with Gasteiger partial charge in [0.05, 0.1) is 19.8 Å². The van der Waals surface area contributed by atoms with Crippen LogP contribution in [0, 0.1) is 0 Å². The van der Waals surface area contributed by atoms with Crippen LogP contribution in [0.1, 0.15) is 132 Å². The third kappa shape index (κ3) is 23.6. The number of benzene rings is 3. The zero-order chi connectivity index (χ0) is 34.1. The molecule has 0 radical (unpaired) electrons. The van der Waals surface area contributed by atoms with E-state index in [4.69, 9.17) is 14.2 Å². The van der Waals surface area contributed by atoms with E-state index in [0.29, 0.717) is 0 Å². The van der Waals surface area contributed by atoms with Gasteiger partial charge >= 0.3 is 0 Å². The fourth-order valence-corrected chi connectivity index (χ4v) is 6.76. The van der Waals surface area contributed by atoms with Crippen LogP contribution in [0.3, 0.4) is 0 Å². The molecule has 3 aromatic rings. The van der Waals surface area contributed by atoms with Crippen molar-refractivity contribution in [3.8, 4) is 0 Å². The molecule has 0 fully saturated rings. The van der Waals surface area contributed by atoms with Crippen molar-refractivity contribution in [1.29, 1.82) is 0 Å². The van der Waals surface area contributed by atoms with E-state index in [2.05, 4.69) is 91.0 Å². The SMILES string of the molecule is c1ccc(COCCCCCCCCB(CCCCCCCCOCc2ccccc2)CCCCCCCCOCc2ccccc2)cc1. The van der Waals surface area contributed by atoms with E-state index < -0.39 is 0 Å². The zero-order valence-electron chi connectivity index (χ0n) is 31.1. The molecule has 0 N–H and O–H groups in total. The Labute approximate surface area is 302 Å². The second-order valence-corrected chi connectivity index (χ2v) is 14.2. The van der Waals surface area contributed by atoms with E-state index in [-0.39, 0.29) is 0 Å². The van der Waals surface area contributed by atoms with Gasteiger partial charge in [0.1, 0.15) is 6.71 Å². The second-order valence-electron chi connectivity index (χ2n) is 14.2. The van der Waals surface area contributed by atoms with Gasteiger partial charge in [-0.05, 0) is 36.0 Å². The summed E-state index contributed by atoms with van der Waals surface area (Å²) in [4.78, 5) is 0. The first-order valence-electron chi connectivity index (χ1n) is 20.2. The molecule has 0 saturated heterocycles. The summed E-state index contributed by atoms with van der Waals surface area (Å²) >= 11 is 0. The van der Waals surface area contributed by atoms with Crippen LogP contribution in [0.4, 0.5) is 0 Å². The highest BCUT2D eigenvalue weighted by molar-refractivity contribution is 6.58. The summed E-state index contributed by atoms with van der Waals surface area (Å²) in [5.41, 5.74) is 3.83. The van der Waals surface area contributed by atoms with Gasteiger partial charge in [0.15, 0.2) is 0 Å². The molecule has 0 heterocycles. The van der Waals surface area contributed by atoms with Crippen LogP contribution in [0.15, 0.2) is 91.0 Å². The van der Waals surface area contributed by atoms with Gasteiger partial charge in [-0.25, -0.2) is 0 Å². The smallest absolute Gasteiger partial charge is 0.139 e. The third-order valence-electron chi connectivity index (χ3n) is 9.79. The minimum atomic E-state index is 0.747. The normalized spacial score (nSPS) is 11.3. The van der Waals surface area contributed by atoms with E-state index in [1.807, 2.05) is 0 Å². The van der Waals surface area contributed by atoms with Crippen LogP contribution in [0.5, 0.6) is 0 Å². The van der Waals surface area contributed by atoms with Crippen LogP contribution in [-0.2, 0) is 34.0 Å². The van der Waals surface area contributed by atoms with Gasteiger partial charge in [-0.3, -0.25) is 0 Å². The summed E-state index contributed by atoms with van der Waals surface area (Å²) in [5, 5.41) is 0. The average molecular weight is 669 g/mol. The van der Waals surface area contributed by atoms with Crippen molar-refractivity contribution in [2.45, 2.75) is 154 Å². The van der Waals surface area contributed by atoms with Crippen LogP contribution < -0.4 is 0 Å². The van der Waals surface area contributed by atoms with Crippen molar-refractivity contribution in [2.75, 3.05) is 19.8 Å². The fraction of sp³-hybridized carbons (Fsp3) is 0.600. The van der Waals surface area contributed by atoms with E-state index in [0.717, 1.165) is 46.4 Å². The largest absolute Gasteiger partial charge is 0.377 e. The first kappa shape index (κ1) is 41.0. The lowest BCUT2D eigenvalue weighted by Gasteiger charge is -2.14. The minimum Gasteiger partial charge on any atom is -0.377 e. The molecule has 0 spiro atoms. The van der Waals surface area contributed by atoms with Crippen molar-refractivity contribution in [3.05, 3.63) is 108 Å². The van der Waals surface area contributed by atoms with Crippen LogP contribution in [0.25, 0.3) is 0 Å². The molecule has 0 aromatic heterocycles. The average Bonchev–Trinajstić information content (AvgIpc) is 3.14. The van der Waals surface area contributed by atoms with Gasteiger partial charge in [0, 0.05) is 19.8 Å². The summed E-state index contributed by atoms with van der Waals surface area (Å²) in [7, 11) is 0. The minimum absolute atomic E-state index is 0.747. The zero-order valence-corrected chi connectivity index (χ0v) is 31.1. The predicted molar refractivity (Wildman–Crippen MR) is 212 cm³/mol. The molecule has 0 amide bonds. The molecule has 3 rings (SSSR count). The molecule has 4 heteroatoms. The van der Waals surface area contributed by atoms with Crippen LogP contribution in [0.2, 0.25) is 19.0 Å². The molecule has 0 saturated carbocycles. The Hall–Kier alpha value is -2.40. The van der Waals surface area contributed by atoms with E-state index in [1.165, 1.54) is 151 Å². The Morgan fingerprint density at radius 2 is 0.531 bits per heavy atom. The summed E-state index contributed by atoms with van der Waals surface area (Å²) in [6.07, 6.45) is 28.5. The maximum absolute atomic E-state index is 5.87. The Bertz CT molecular complexity index is 953. The monoisotopic (exact) mass is 669 g/mol. The van der Waals surface area contributed by atoms with Gasteiger partial charge < -0.3 is 14.2 Å². The third-order valence-corrected chi connectivity index (χ3v) is 9.79. The van der Waals surface area contributed by atoms with Crippen molar-refractivity contribution in [2.24, 2.45) is 0 Å². The second kappa shape index (κ2) is 30.4. The molecule has 3 nitrogen and oxygen atoms in total. The van der Waals surface area contributed by atoms with E-state index >= 15 is 0 Å². The molecule has 0 aliphatic carbocycles. The Morgan fingerprint density at radius 1 is 0.286 bits per heavy atom. The van der Waals surface area contributed by atoms with E-state index in [9.17, 15) is 0 Å². The highest BCUT2D eigenvalue weighted by atomic mass is 16.5. The van der Waals surface area contributed by atoms with Crippen molar-refractivity contribution in [3.63, 3.8) is 0 Å². The molecular formula is C45H69BO3.